The van der Waals surface area contributed by atoms with Crippen molar-refractivity contribution in [3.63, 3.8) is 0 Å². The minimum Gasteiger partial charge on any atom is -0.300 e. The molecule has 0 radical (unpaired) electrons. The van der Waals surface area contributed by atoms with Gasteiger partial charge in [-0.3, -0.25) is 9.69 Å². The average molecular weight is 183 g/mol. The largest absolute Gasteiger partial charge is 0.300 e. The van der Waals surface area contributed by atoms with Crippen molar-refractivity contribution in [2.24, 2.45) is 5.92 Å². The topological polar surface area (TPSA) is 20.3 Å². The van der Waals surface area contributed by atoms with Gasteiger partial charge in [-0.2, -0.15) is 0 Å². The van der Waals surface area contributed by atoms with E-state index in [1.165, 1.54) is 0 Å². The summed E-state index contributed by atoms with van der Waals surface area (Å²) in [6, 6.07) is 0. The maximum absolute atomic E-state index is 11.3. The van der Waals surface area contributed by atoms with E-state index in [0.717, 1.165) is 25.9 Å². The Balaban J connectivity index is 2.59. The van der Waals surface area contributed by atoms with Crippen LogP contribution in [0.2, 0.25) is 0 Å². The first-order valence-electron chi connectivity index (χ1n) is 5.18. The van der Waals surface area contributed by atoms with Gasteiger partial charge in [0.1, 0.15) is 5.78 Å². The molecule has 1 fully saturated rings. The van der Waals surface area contributed by atoms with Gasteiger partial charge in [-0.05, 0) is 19.8 Å². The molecule has 1 rings (SSSR count). The van der Waals surface area contributed by atoms with E-state index in [2.05, 4.69) is 32.6 Å². The molecule has 2 heteroatoms. The van der Waals surface area contributed by atoms with Gasteiger partial charge in [0, 0.05) is 31.5 Å². The Bertz CT molecular complexity index is 196. The SMILES string of the molecule is CC(C)CN1CCC(=O)CC1(C)C. The number of piperidine rings is 1. The van der Waals surface area contributed by atoms with Crippen molar-refractivity contribution in [3.8, 4) is 0 Å². The molecule has 0 atom stereocenters. The van der Waals surface area contributed by atoms with Crippen molar-refractivity contribution in [2.45, 2.75) is 46.1 Å². The zero-order chi connectivity index (χ0) is 10.1. The van der Waals surface area contributed by atoms with E-state index >= 15 is 0 Å². The molecule has 0 unspecified atom stereocenters. The third-order valence-corrected chi connectivity index (χ3v) is 2.73. The van der Waals surface area contributed by atoms with E-state index in [4.69, 9.17) is 0 Å². The Labute approximate surface area is 81.3 Å². The van der Waals surface area contributed by atoms with E-state index < -0.39 is 0 Å². The Morgan fingerprint density at radius 3 is 2.54 bits per heavy atom. The van der Waals surface area contributed by atoms with Gasteiger partial charge in [-0.15, -0.1) is 0 Å². The molecule has 76 valence electrons. The number of nitrogens with zero attached hydrogens (tertiary/aromatic N) is 1. The molecule has 0 N–H and O–H groups in total. The van der Waals surface area contributed by atoms with Crippen LogP contribution in [0, 0.1) is 5.92 Å². The van der Waals surface area contributed by atoms with Crippen LogP contribution in [0.25, 0.3) is 0 Å². The second kappa shape index (κ2) is 3.79. The number of carbonyl (C=O) groups excluding carboxylic acids is 1. The molecule has 1 heterocycles. The molecule has 0 spiro atoms. The summed E-state index contributed by atoms with van der Waals surface area (Å²) in [5.74, 6) is 1.11. The van der Waals surface area contributed by atoms with Gasteiger partial charge in [0.2, 0.25) is 0 Å². The highest BCUT2D eigenvalue weighted by Gasteiger charge is 2.33. The van der Waals surface area contributed by atoms with Gasteiger partial charge in [-0.25, -0.2) is 0 Å². The summed E-state index contributed by atoms with van der Waals surface area (Å²) in [5.41, 5.74) is 0.0829. The molecule has 0 aromatic heterocycles. The summed E-state index contributed by atoms with van der Waals surface area (Å²) in [6.07, 6.45) is 1.47. The molecule has 0 saturated carbocycles. The van der Waals surface area contributed by atoms with Crippen LogP contribution in [0.3, 0.4) is 0 Å². The highest BCUT2D eigenvalue weighted by atomic mass is 16.1. The molecular weight excluding hydrogens is 162 g/mol. The molecule has 1 aliphatic rings. The van der Waals surface area contributed by atoms with E-state index in [1.54, 1.807) is 0 Å². The Hall–Kier alpha value is -0.370. The normalized spacial score (nSPS) is 23.9. The van der Waals surface area contributed by atoms with Crippen molar-refractivity contribution in [1.82, 2.24) is 4.90 Å². The van der Waals surface area contributed by atoms with Crippen molar-refractivity contribution >= 4 is 5.78 Å². The zero-order valence-corrected chi connectivity index (χ0v) is 9.26. The number of carbonyl (C=O) groups is 1. The van der Waals surface area contributed by atoms with Crippen LogP contribution in [-0.4, -0.2) is 29.3 Å². The minimum atomic E-state index is 0.0829. The van der Waals surface area contributed by atoms with E-state index in [-0.39, 0.29) is 5.54 Å². The quantitative estimate of drug-likeness (QED) is 0.653. The molecular formula is C11H21NO. The monoisotopic (exact) mass is 183 g/mol. The highest BCUT2D eigenvalue weighted by molar-refractivity contribution is 5.80. The maximum Gasteiger partial charge on any atom is 0.136 e. The Morgan fingerprint density at radius 2 is 2.08 bits per heavy atom. The van der Waals surface area contributed by atoms with Crippen LogP contribution in [0.1, 0.15) is 40.5 Å². The summed E-state index contributed by atoms with van der Waals surface area (Å²) >= 11 is 0. The van der Waals surface area contributed by atoms with Crippen molar-refractivity contribution in [2.75, 3.05) is 13.1 Å². The number of hydrogen-bond donors (Lipinski definition) is 0. The number of rotatable bonds is 2. The minimum absolute atomic E-state index is 0.0829. The summed E-state index contributed by atoms with van der Waals surface area (Å²) in [6.45, 7) is 10.9. The van der Waals surface area contributed by atoms with Gasteiger partial charge in [0.15, 0.2) is 0 Å². The molecule has 0 amide bonds. The molecule has 2 nitrogen and oxygen atoms in total. The fraction of sp³-hybridized carbons (Fsp3) is 0.909. The van der Waals surface area contributed by atoms with Crippen LogP contribution >= 0.6 is 0 Å². The Morgan fingerprint density at radius 1 is 1.46 bits per heavy atom. The summed E-state index contributed by atoms with van der Waals surface area (Å²) < 4.78 is 0. The molecule has 0 aromatic carbocycles. The van der Waals surface area contributed by atoms with Gasteiger partial charge in [0.25, 0.3) is 0 Å². The number of hydrogen-bond acceptors (Lipinski definition) is 2. The fourth-order valence-electron chi connectivity index (χ4n) is 2.02. The summed E-state index contributed by atoms with van der Waals surface area (Å²) in [4.78, 5) is 13.7. The fourth-order valence-corrected chi connectivity index (χ4v) is 2.02. The highest BCUT2D eigenvalue weighted by Crippen LogP contribution is 2.25. The van der Waals surface area contributed by atoms with Gasteiger partial charge in [-0.1, -0.05) is 13.8 Å². The first-order valence-corrected chi connectivity index (χ1v) is 5.18. The second-order valence-electron chi connectivity index (χ2n) is 5.12. The van der Waals surface area contributed by atoms with Crippen LogP contribution in [0.15, 0.2) is 0 Å². The predicted octanol–water partition coefficient (Wildman–Crippen LogP) is 2.09. The molecule has 1 aliphatic heterocycles. The molecule has 0 bridgehead atoms. The standard InChI is InChI=1S/C11H21NO/c1-9(2)8-12-6-5-10(13)7-11(12,3)4/h9H,5-8H2,1-4H3. The van der Waals surface area contributed by atoms with E-state index in [9.17, 15) is 4.79 Å². The third kappa shape index (κ3) is 2.80. The van der Waals surface area contributed by atoms with E-state index in [0.29, 0.717) is 11.7 Å². The lowest BCUT2D eigenvalue weighted by molar-refractivity contribution is -0.125. The third-order valence-electron chi connectivity index (χ3n) is 2.73. The number of ketones is 1. The zero-order valence-electron chi connectivity index (χ0n) is 9.26. The van der Waals surface area contributed by atoms with Crippen molar-refractivity contribution in [3.05, 3.63) is 0 Å². The molecule has 13 heavy (non-hydrogen) atoms. The van der Waals surface area contributed by atoms with Gasteiger partial charge < -0.3 is 0 Å². The molecule has 1 saturated heterocycles. The average Bonchev–Trinajstić information content (AvgIpc) is 1.93. The lowest BCUT2D eigenvalue weighted by Gasteiger charge is -2.42. The summed E-state index contributed by atoms with van der Waals surface area (Å²) in [7, 11) is 0. The summed E-state index contributed by atoms with van der Waals surface area (Å²) in [5, 5.41) is 0. The molecule has 0 aromatic rings. The lowest BCUT2D eigenvalue weighted by Crippen LogP contribution is -2.51. The van der Waals surface area contributed by atoms with E-state index in [1.807, 2.05) is 0 Å². The van der Waals surface area contributed by atoms with Crippen LogP contribution in [-0.2, 0) is 4.79 Å². The number of likely N-dealkylation sites (tertiary alicyclic amines) is 1. The molecule has 0 aliphatic carbocycles. The van der Waals surface area contributed by atoms with Gasteiger partial charge in [0.05, 0.1) is 0 Å². The second-order valence-corrected chi connectivity index (χ2v) is 5.12. The first-order chi connectivity index (χ1) is 5.92. The van der Waals surface area contributed by atoms with Crippen molar-refractivity contribution < 1.29 is 4.79 Å². The van der Waals surface area contributed by atoms with Crippen molar-refractivity contribution in [1.29, 1.82) is 0 Å². The van der Waals surface area contributed by atoms with Crippen LogP contribution < -0.4 is 0 Å². The van der Waals surface area contributed by atoms with Crippen LogP contribution in [0.4, 0.5) is 0 Å². The first kappa shape index (κ1) is 10.7. The van der Waals surface area contributed by atoms with Gasteiger partial charge >= 0.3 is 0 Å². The lowest BCUT2D eigenvalue weighted by atomic mass is 9.89. The Kier molecular flexibility index (Phi) is 3.12. The number of Topliss-reactive ketones (excluding diaryl/α,β-unsaturated/α-hetero) is 1. The predicted molar refractivity (Wildman–Crippen MR) is 54.7 cm³/mol. The van der Waals surface area contributed by atoms with Crippen LogP contribution in [0.5, 0.6) is 0 Å². The smallest absolute Gasteiger partial charge is 0.136 e. The maximum atomic E-state index is 11.3.